The van der Waals surface area contributed by atoms with Crippen molar-refractivity contribution >= 4 is 110 Å². The summed E-state index contributed by atoms with van der Waals surface area (Å²) >= 11 is 30.9. The number of ether oxygens (including phenoxy) is 2. The molecule has 0 fully saturated rings. The Kier molecular flexibility index (Phi) is 10.5. The summed E-state index contributed by atoms with van der Waals surface area (Å²) in [6.07, 6.45) is -1.26. The number of rotatable bonds is 1. The average molecular weight is 645 g/mol. The summed E-state index contributed by atoms with van der Waals surface area (Å²) in [5, 5.41) is -2.28. The lowest BCUT2D eigenvalue weighted by molar-refractivity contribution is -0.116. The monoisotopic (exact) mass is 642 g/mol. The maximum absolute atomic E-state index is 13.0. The Morgan fingerprint density at radius 1 is 0.816 bits per heavy atom. The fourth-order valence-electron chi connectivity index (χ4n) is 3.55. The number of ketones is 2. The maximum atomic E-state index is 13.0. The van der Waals surface area contributed by atoms with Gasteiger partial charge in [-0.15, -0.1) is 0 Å². The standard InChI is InChI=1S/C19H11ClN2O4.C3HCl5O3.CH4/c1-10(23)21-13-8-4-2-6-11(13)17(24)15(21)16-18(25)12-7-3-5-9-14(12)22(16)19(20)26;4-1(5)10-2(9)11-3(6,7)8;/h2-9H,1H3;1H;1H4/b16-15+;;. The number of para-hydroxylation sites is 2. The molecular weight excluding hydrogens is 629 g/mol. The molecule has 0 aliphatic carbocycles. The van der Waals surface area contributed by atoms with Gasteiger partial charge < -0.3 is 9.47 Å². The number of nitrogens with zero attached hydrogens (tertiary/aromatic N) is 2. The van der Waals surface area contributed by atoms with Crippen molar-refractivity contribution in [3.63, 3.8) is 0 Å². The van der Waals surface area contributed by atoms with Crippen LogP contribution in [-0.4, -0.2) is 38.0 Å². The van der Waals surface area contributed by atoms with E-state index in [-0.39, 0.29) is 35.6 Å². The van der Waals surface area contributed by atoms with Gasteiger partial charge in [-0.1, -0.05) is 54.9 Å². The van der Waals surface area contributed by atoms with Crippen LogP contribution in [0.3, 0.4) is 0 Å². The highest BCUT2D eigenvalue weighted by atomic mass is 35.6. The van der Waals surface area contributed by atoms with Crippen molar-refractivity contribution in [1.29, 1.82) is 0 Å². The number of carbonyl (C=O) groups excluding carboxylic acids is 5. The first-order valence-electron chi connectivity index (χ1n) is 9.81. The van der Waals surface area contributed by atoms with Gasteiger partial charge in [0.15, 0.2) is 0 Å². The third kappa shape index (κ3) is 6.72. The molecule has 38 heavy (non-hydrogen) atoms. The number of hydrogen-bond donors (Lipinski definition) is 0. The summed E-state index contributed by atoms with van der Waals surface area (Å²) in [7, 11) is 0. The Hall–Kier alpha value is -2.53. The number of carbonyl (C=O) groups is 5. The van der Waals surface area contributed by atoms with Gasteiger partial charge in [0.1, 0.15) is 11.4 Å². The van der Waals surface area contributed by atoms with Crippen molar-refractivity contribution in [3.8, 4) is 0 Å². The second-order valence-corrected chi connectivity index (χ2v) is 10.5. The summed E-state index contributed by atoms with van der Waals surface area (Å²) in [5.74, 6) is -1.48. The molecule has 0 atom stereocenters. The third-order valence-electron chi connectivity index (χ3n) is 4.76. The van der Waals surface area contributed by atoms with E-state index in [2.05, 4.69) is 9.47 Å². The van der Waals surface area contributed by atoms with Crippen LogP contribution in [0.5, 0.6) is 0 Å². The summed E-state index contributed by atoms with van der Waals surface area (Å²) in [6, 6.07) is 12.9. The van der Waals surface area contributed by atoms with E-state index in [1.54, 1.807) is 48.5 Å². The Morgan fingerprint density at radius 2 is 1.24 bits per heavy atom. The Labute approximate surface area is 246 Å². The molecule has 0 bridgehead atoms. The lowest BCUT2D eigenvalue weighted by Crippen LogP contribution is -2.33. The molecule has 2 aliphatic heterocycles. The molecule has 0 unspecified atom stereocenters. The van der Waals surface area contributed by atoms with Gasteiger partial charge in [0.05, 0.1) is 11.4 Å². The average Bonchev–Trinajstić information content (AvgIpc) is 3.24. The van der Waals surface area contributed by atoms with Crippen LogP contribution in [0.1, 0.15) is 35.1 Å². The zero-order valence-corrected chi connectivity index (χ0v) is 22.8. The number of alkyl halides is 5. The van der Waals surface area contributed by atoms with Gasteiger partial charge in [0, 0.05) is 18.1 Å². The molecule has 15 heteroatoms. The van der Waals surface area contributed by atoms with E-state index >= 15 is 0 Å². The summed E-state index contributed by atoms with van der Waals surface area (Å²) in [6.45, 7) is 1.29. The van der Waals surface area contributed by atoms with Crippen LogP contribution >= 0.6 is 69.6 Å². The van der Waals surface area contributed by atoms with Crippen LogP contribution in [0, 0.1) is 0 Å². The number of fused-ring (bicyclic) bond motifs is 2. The predicted molar refractivity (Wildman–Crippen MR) is 146 cm³/mol. The van der Waals surface area contributed by atoms with E-state index in [0.29, 0.717) is 5.69 Å². The van der Waals surface area contributed by atoms with Crippen LogP contribution in [0.4, 0.5) is 21.0 Å². The van der Waals surface area contributed by atoms with Gasteiger partial charge in [0.2, 0.25) is 17.5 Å². The van der Waals surface area contributed by atoms with Crippen LogP contribution in [0.15, 0.2) is 59.9 Å². The molecule has 0 aromatic heterocycles. The second kappa shape index (κ2) is 12.5. The number of hydrogen-bond acceptors (Lipinski definition) is 7. The minimum absolute atomic E-state index is 0. The molecular formula is C23H16Cl6N2O7. The Morgan fingerprint density at radius 3 is 1.63 bits per heavy atom. The van der Waals surface area contributed by atoms with Crippen molar-refractivity contribution in [2.45, 2.75) is 23.4 Å². The lowest BCUT2D eigenvalue weighted by atomic mass is 10.1. The quantitative estimate of drug-likeness (QED) is 0.105. The van der Waals surface area contributed by atoms with Crippen LogP contribution in [-0.2, 0) is 14.3 Å². The lowest BCUT2D eigenvalue weighted by Gasteiger charge is -2.21. The van der Waals surface area contributed by atoms with Gasteiger partial charge in [-0.2, -0.15) is 0 Å². The van der Waals surface area contributed by atoms with Crippen LogP contribution < -0.4 is 9.80 Å². The number of Topliss-reactive ketones (excluding diaryl/α,β-unsaturated/α-hetero) is 2. The first kappa shape index (κ1) is 31.7. The van der Waals surface area contributed by atoms with E-state index < -0.39 is 38.0 Å². The van der Waals surface area contributed by atoms with Gasteiger partial charge in [-0.3, -0.25) is 29.0 Å². The molecule has 4 rings (SSSR count). The number of amides is 2. The van der Waals surface area contributed by atoms with E-state index in [4.69, 9.17) is 69.6 Å². The first-order valence-corrected chi connectivity index (χ1v) is 12.2. The van der Waals surface area contributed by atoms with Crippen molar-refractivity contribution in [2.75, 3.05) is 9.80 Å². The molecule has 0 radical (unpaired) electrons. The fraction of sp³-hybridized carbons (Fsp3) is 0.174. The summed E-state index contributed by atoms with van der Waals surface area (Å²) in [4.78, 5) is 62.8. The number of halogens is 6. The van der Waals surface area contributed by atoms with Gasteiger partial charge in [-0.05, 0) is 70.7 Å². The Balaban J connectivity index is 0.000000362. The van der Waals surface area contributed by atoms with Crippen molar-refractivity contribution in [2.24, 2.45) is 0 Å². The maximum Gasteiger partial charge on any atom is 0.514 e. The third-order valence-corrected chi connectivity index (χ3v) is 5.33. The Bertz CT molecular complexity index is 1260. The normalized spacial score (nSPS) is 15.8. The van der Waals surface area contributed by atoms with Crippen molar-refractivity contribution < 1.29 is 33.4 Å². The molecule has 0 spiro atoms. The van der Waals surface area contributed by atoms with Gasteiger partial charge >= 0.3 is 15.5 Å². The van der Waals surface area contributed by atoms with Crippen LogP contribution in [0.2, 0.25) is 0 Å². The second-order valence-electron chi connectivity index (χ2n) is 7.01. The zero-order chi connectivity index (χ0) is 27.7. The smallest absolute Gasteiger partial charge is 0.400 e. The molecule has 9 nitrogen and oxygen atoms in total. The highest BCUT2D eigenvalue weighted by molar-refractivity contribution is 6.68. The molecule has 2 amide bonds. The molecule has 2 aromatic rings. The van der Waals surface area contributed by atoms with E-state index in [1.807, 2.05) is 0 Å². The number of anilines is 2. The van der Waals surface area contributed by atoms with Gasteiger partial charge in [-0.25, -0.2) is 4.79 Å². The van der Waals surface area contributed by atoms with E-state index in [0.717, 1.165) is 9.80 Å². The fourth-order valence-corrected chi connectivity index (χ4v) is 4.06. The molecule has 0 saturated heterocycles. The van der Waals surface area contributed by atoms with Gasteiger partial charge in [0.25, 0.3) is 5.02 Å². The topological polar surface area (TPSA) is 110 Å². The SMILES string of the molecule is C.CC(=O)N1/C(=C2\C(=O)c3ccccc3N2C(=O)Cl)C(=O)c2ccccc21.O=C(OC(Cl)Cl)OC(Cl)(Cl)Cl. The van der Waals surface area contributed by atoms with Crippen molar-refractivity contribution in [3.05, 3.63) is 71.1 Å². The van der Waals surface area contributed by atoms with Crippen molar-refractivity contribution in [1.82, 2.24) is 0 Å². The van der Waals surface area contributed by atoms with E-state index in [1.165, 1.54) is 6.92 Å². The molecule has 0 N–H and O–H groups in total. The largest absolute Gasteiger partial charge is 0.514 e. The predicted octanol–water partition coefficient (Wildman–Crippen LogP) is 7.37. The molecule has 2 aromatic carbocycles. The summed E-state index contributed by atoms with van der Waals surface area (Å²) in [5.41, 5.74) is 0.828. The number of allylic oxidation sites excluding steroid dienone is 2. The summed E-state index contributed by atoms with van der Waals surface area (Å²) < 4.78 is 5.89. The first-order chi connectivity index (χ1) is 17.2. The molecule has 2 heterocycles. The molecule has 0 saturated carbocycles. The number of benzene rings is 2. The van der Waals surface area contributed by atoms with Crippen LogP contribution in [0.25, 0.3) is 0 Å². The molecule has 202 valence electrons. The minimum Gasteiger partial charge on any atom is -0.400 e. The highest BCUT2D eigenvalue weighted by Gasteiger charge is 2.45. The van der Waals surface area contributed by atoms with E-state index in [9.17, 15) is 24.0 Å². The zero-order valence-electron chi connectivity index (χ0n) is 18.2. The minimum atomic E-state index is -2.17. The highest BCUT2D eigenvalue weighted by Crippen LogP contribution is 2.42. The molecule has 2 aliphatic rings.